The summed E-state index contributed by atoms with van der Waals surface area (Å²) in [6.45, 7) is 7.08. The van der Waals surface area contributed by atoms with Crippen molar-refractivity contribution >= 4 is 56.6 Å². The molecule has 0 N–H and O–H groups in total. The third kappa shape index (κ3) is 4.13. The van der Waals surface area contributed by atoms with Crippen LogP contribution in [0.25, 0.3) is 11.0 Å². The Balaban J connectivity index is 1.54. The van der Waals surface area contributed by atoms with E-state index in [-0.39, 0.29) is 18.3 Å². The average Bonchev–Trinajstić information content (AvgIpc) is 3.33. The summed E-state index contributed by atoms with van der Waals surface area (Å²) in [5.74, 6) is -0.599. The van der Waals surface area contributed by atoms with Gasteiger partial charge in [0.25, 0.3) is 0 Å². The van der Waals surface area contributed by atoms with E-state index in [1.807, 2.05) is 51.1 Å². The number of thiazole rings is 1. The molecule has 1 amide bonds. The first-order valence-electron chi connectivity index (χ1n) is 9.93. The number of nitrogens with zero attached hydrogens (tertiary/aromatic N) is 2. The Kier molecular flexibility index (Phi) is 6.04. The summed E-state index contributed by atoms with van der Waals surface area (Å²) in [4.78, 5) is 31.0. The van der Waals surface area contributed by atoms with E-state index < -0.39 is 5.97 Å². The maximum atomic E-state index is 12.6. The van der Waals surface area contributed by atoms with Gasteiger partial charge < -0.3 is 9.15 Å². The minimum absolute atomic E-state index is 0.0435. The summed E-state index contributed by atoms with van der Waals surface area (Å²) in [5.41, 5.74) is 4.37. The fraction of sp³-hybridized carbons (Fsp3) is 0.208. The molecule has 0 atom stereocenters. The van der Waals surface area contributed by atoms with Gasteiger partial charge in [0.15, 0.2) is 5.13 Å². The van der Waals surface area contributed by atoms with Crippen molar-refractivity contribution in [3.63, 3.8) is 0 Å². The number of amides is 1. The van der Waals surface area contributed by atoms with E-state index >= 15 is 0 Å². The van der Waals surface area contributed by atoms with E-state index in [2.05, 4.69) is 4.98 Å². The van der Waals surface area contributed by atoms with Crippen molar-refractivity contribution < 1.29 is 18.7 Å². The lowest BCUT2D eigenvalue weighted by molar-refractivity contribution is -0.115. The second-order valence-corrected chi connectivity index (χ2v) is 8.76. The van der Waals surface area contributed by atoms with Crippen molar-refractivity contribution in [2.75, 3.05) is 4.90 Å². The molecule has 0 aliphatic carbocycles. The van der Waals surface area contributed by atoms with Gasteiger partial charge in [0.05, 0.1) is 16.4 Å². The fourth-order valence-electron chi connectivity index (χ4n) is 3.62. The van der Waals surface area contributed by atoms with Gasteiger partial charge in [-0.15, -0.1) is 11.3 Å². The van der Waals surface area contributed by atoms with Crippen LogP contribution in [-0.4, -0.2) is 16.9 Å². The van der Waals surface area contributed by atoms with E-state index in [4.69, 9.17) is 20.8 Å². The molecule has 2 heterocycles. The highest BCUT2D eigenvalue weighted by molar-refractivity contribution is 7.14. The Bertz CT molecular complexity index is 1320. The van der Waals surface area contributed by atoms with Gasteiger partial charge in [-0.05, 0) is 44.0 Å². The molecule has 4 aromatic rings. The molecule has 4 rings (SSSR count). The number of anilines is 2. The van der Waals surface area contributed by atoms with Crippen LogP contribution in [0.15, 0.2) is 46.2 Å². The first kappa shape index (κ1) is 22.0. The molecule has 0 radical (unpaired) electrons. The maximum absolute atomic E-state index is 12.6. The number of carbonyl (C=O) groups is 2. The number of furan rings is 1. The van der Waals surface area contributed by atoms with E-state index in [1.165, 1.54) is 23.2 Å². The van der Waals surface area contributed by atoms with Crippen LogP contribution in [0.5, 0.6) is 0 Å². The van der Waals surface area contributed by atoms with Gasteiger partial charge in [0.2, 0.25) is 11.7 Å². The standard InChI is InChI=1S/C24H21ClN2O4S/c1-13-9-14(2)21(19(25)10-13)27(16(4)28)24-26-17(12-32-24)11-30-23(29)22-15(3)18-7-5-6-8-20(18)31-22/h5-10,12H,11H2,1-4H3. The van der Waals surface area contributed by atoms with Crippen molar-refractivity contribution in [1.29, 1.82) is 0 Å². The van der Waals surface area contributed by atoms with E-state index in [1.54, 1.807) is 11.4 Å². The predicted molar refractivity (Wildman–Crippen MR) is 126 cm³/mol. The third-order valence-corrected chi connectivity index (χ3v) is 6.21. The number of para-hydroxylation sites is 1. The summed E-state index contributed by atoms with van der Waals surface area (Å²) in [7, 11) is 0. The molecule has 0 spiro atoms. The van der Waals surface area contributed by atoms with Gasteiger partial charge in [-0.25, -0.2) is 9.78 Å². The number of hydrogen-bond donors (Lipinski definition) is 0. The molecule has 2 aromatic heterocycles. The van der Waals surface area contributed by atoms with Crippen LogP contribution >= 0.6 is 22.9 Å². The maximum Gasteiger partial charge on any atom is 0.374 e. The first-order valence-corrected chi connectivity index (χ1v) is 11.2. The summed E-state index contributed by atoms with van der Waals surface area (Å²) in [5, 5.41) is 3.55. The molecule has 0 fully saturated rings. The molecule has 0 bridgehead atoms. The molecule has 6 nitrogen and oxygen atoms in total. The number of fused-ring (bicyclic) bond motifs is 1. The van der Waals surface area contributed by atoms with Gasteiger partial charge >= 0.3 is 5.97 Å². The molecular formula is C24H21ClN2O4S. The Morgan fingerprint density at radius 3 is 2.62 bits per heavy atom. The number of rotatable bonds is 5. The van der Waals surface area contributed by atoms with Crippen LogP contribution in [0.2, 0.25) is 5.02 Å². The molecule has 2 aromatic carbocycles. The Morgan fingerprint density at radius 2 is 1.94 bits per heavy atom. The lowest BCUT2D eigenvalue weighted by Gasteiger charge is -2.22. The topological polar surface area (TPSA) is 72.6 Å². The number of aromatic nitrogens is 1. The van der Waals surface area contributed by atoms with Crippen LogP contribution in [0.4, 0.5) is 10.8 Å². The van der Waals surface area contributed by atoms with Gasteiger partial charge in [-0.1, -0.05) is 35.9 Å². The van der Waals surface area contributed by atoms with Gasteiger partial charge in [-0.2, -0.15) is 0 Å². The Hall–Kier alpha value is -3.16. The van der Waals surface area contributed by atoms with E-state index in [0.717, 1.165) is 22.1 Å². The van der Waals surface area contributed by atoms with Crippen molar-refractivity contribution in [2.45, 2.75) is 34.3 Å². The van der Waals surface area contributed by atoms with Crippen LogP contribution < -0.4 is 4.90 Å². The summed E-state index contributed by atoms with van der Waals surface area (Å²) < 4.78 is 11.1. The third-order valence-electron chi connectivity index (χ3n) is 5.05. The molecule has 0 aliphatic rings. The molecular weight excluding hydrogens is 448 g/mol. The molecule has 32 heavy (non-hydrogen) atoms. The summed E-state index contributed by atoms with van der Waals surface area (Å²) in [6.07, 6.45) is 0. The number of hydrogen-bond acceptors (Lipinski definition) is 6. The summed E-state index contributed by atoms with van der Waals surface area (Å²) >= 11 is 7.73. The molecule has 0 aliphatic heterocycles. The number of esters is 1. The zero-order valence-corrected chi connectivity index (χ0v) is 19.6. The van der Waals surface area contributed by atoms with Gasteiger partial charge in [0, 0.05) is 23.3 Å². The second-order valence-electron chi connectivity index (χ2n) is 7.52. The van der Waals surface area contributed by atoms with Gasteiger partial charge in [0.1, 0.15) is 12.2 Å². The van der Waals surface area contributed by atoms with Gasteiger partial charge in [-0.3, -0.25) is 9.69 Å². The smallest absolute Gasteiger partial charge is 0.374 e. The minimum Gasteiger partial charge on any atom is -0.453 e. The number of aryl methyl sites for hydroxylation is 3. The largest absolute Gasteiger partial charge is 0.453 e. The van der Waals surface area contributed by atoms with Crippen molar-refractivity contribution in [3.8, 4) is 0 Å². The monoisotopic (exact) mass is 468 g/mol. The Labute approximate surface area is 194 Å². The number of ether oxygens (including phenoxy) is 1. The van der Waals surface area contributed by atoms with E-state index in [0.29, 0.717) is 27.1 Å². The highest BCUT2D eigenvalue weighted by Crippen LogP contribution is 2.37. The number of benzene rings is 2. The van der Waals surface area contributed by atoms with Crippen molar-refractivity contribution in [3.05, 3.63) is 74.9 Å². The van der Waals surface area contributed by atoms with Crippen LogP contribution in [0.1, 0.15) is 39.9 Å². The second kappa shape index (κ2) is 8.76. The first-order chi connectivity index (χ1) is 15.3. The normalized spacial score (nSPS) is 11.0. The highest BCUT2D eigenvalue weighted by Gasteiger charge is 2.24. The average molecular weight is 469 g/mol. The number of carbonyl (C=O) groups excluding carboxylic acids is 2. The molecule has 164 valence electrons. The van der Waals surface area contributed by atoms with Crippen LogP contribution in [0.3, 0.4) is 0 Å². The lowest BCUT2D eigenvalue weighted by Crippen LogP contribution is -2.24. The minimum atomic E-state index is -0.561. The zero-order valence-electron chi connectivity index (χ0n) is 18.1. The van der Waals surface area contributed by atoms with Crippen molar-refractivity contribution in [2.24, 2.45) is 0 Å². The van der Waals surface area contributed by atoms with Crippen LogP contribution in [-0.2, 0) is 16.1 Å². The van der Waals surface area contributed by atoms with E-state index in [9.17, 15) is 9.59 Å². The predicted octanol–water partition coefficient (Wildman–Crippen LogP) is 6.51. The molecule has 0 unspecified atom stereocenters. The zero-order chi connectivity index (χ0) is 23.0. The SMILES string of the molecule is CC(=O)N(c1nc(COC(=O)c2oc3ccccc3c2C)cs1)c1c(C)cc(C)cc1Cl. The lowest BCUT2D eigenvalue weighted by atomic mass is 10.1. The summed E-state index contributed by atoms with van der Waals surface area (Å²) in [6, 6.07) is 11.2. The molecule has 8 heteroatoms. The molecule has 0 saturated heterocycles. The highest BCUT2D eigenvalue weighted by atomic mass is 35.5. The number of halogens is 1. The fourth-order valence-corrected chi connectivity index (χ4v) is 4.88. The van der Waals surface area contributed by atoms with Crippen LogP contribution in [0, 0.1) is 20.8 Å². The molecule has 0 saturated carbocycles. The quantitative estimate of drug-likeness (QED) is 0.312. The Morgan fingerprint density at radius 1 is 1.19 bits per heavy atom. The van der Waals surface area contributed by atoms with Crippen molar-refractivity contribution in [1.82, 2.24) is 4.98 Å².